The Bertz CT molecular complexity index is 138. The molecule has 0 unspecified atom stereocenters. The van der Waals surface area contributed by atoms with Gasteiger partial charge >= 0.3 is 51.4 Å². The molecule has 1 amide bonds. The van der Waals surface area contributed by atoms with Crippen molar-refractivity contribution < 1.29 is 69.1 Å². The Kier molecular flexibility index (Phi) is 22.7. The van der Waals surface area contributed by atoms with Crippen molar-refractivity contribution in [1.82, 2.24) is 0 Å². The van der Waals surface area contributed by atoms with Gasteiger partial charge in [-0.05, 0) is 0 Å². The summed E-state index contributed by atoms with van der Waals surface area (Å²) < 4.78 is 24.1. The van der Waals surface area contributed by atoms with E-state index < -0.39 is 11.0 Å². The average molecular weight is 211 g/mol. The molecule has 56 valence electrons. The summed E-state index contributed by atoms with van der Waals surface area (Å²) in [5.41, 5.74) is 4.58. The quantitative estimate of drug-likeness (QED) is 0.136. The summed E-state index contributed by atoms with van der Waals surface area (Å²) in [4.78, 5) is 9.51. The van der Waals surface area contributed by atoms with Gasteiger partial charge in [0.1, 0.15) is 0 Å². The van der Waals surface area contributed by atoms with Crippen molar-refractivity contribution in [2.24, 2.45) is 5.73 Å². The van der Waals surface area contributed by atoms with E-state index in [0.717, 1.165) is 0 Å². The molecule has 0 rings (SSSR count). The summed E-state index contributed by atoms with van der Waals surface area (Å²) in [5.74, 6) is -0.242. The van der Waals surface area contributed by atoms with Gasteiger partial charge in [0, 0.05) is 11.0 Å². The normalized spacial score (nSPS) is 7.10. The number of hydrogen-bond donors (Lipinski definition) is 3. The molecule has 0 aromatic rings. The van der Waals surface area contributed by atoms with Crippen LogP contribution in [0.4, 0.5) is 0 Å². The maximum absolute atomic E-state index is 9.51. The maximum Gasteiger partial charge on any atom is 1.00 e. The number of carbonyl (C=O) groups is 1. The summed E-state index contributed by atoms with van der Waals surface area (Å²) in [5, 5.41) is 0. The van der Waals surface area contributed by atoms with Crippen LogP contribution >= 0.6 is 12.6 Å². The van der Waals surface area contributed by atoms with E-state index >= 15 is 0 Å². The Hall–Kier alpha value is 1.37. The molecule has 0 heterocycles. The number of rotatable bonds is 1. The predicted octanol–water partition coefficient (Wildman–Crippen LogP) is -3.83. The van der Waals surface area contributed by atoms with Crippen LogP contribution < -0.4 is 57.1 Å². The van der Waals surface area contributed by atoms with E-state index in [1.54, 1.807) is 0 Å². The Morgan fingerprint density at radius 3 is 1.70 bits per heavy atom. The molecular weight excluding hydrogens is 205 g/mol. The van der Waals surface area contributed by atoms with E-state index in [1.165, 1.54) is 0 Å². The second-order valence-corrected chi connectivity index (χ2v) is 1.59. The van der Waals surface area contributed by atoms with E-state index in [1.807, 2.05) is 0 Å². The Morgan fingerprint density at radius 2 is 1.70 bits per heavy atom. The van der Waals surface area contributed by atoms with Crippen molar-refractivity contribution in [1.29, 1.82) is 0 Å². The first-order valence-corrected chi connectivity index (χ1v) is 3.34. The van der Waals surface area contributed by atoms with Crippen LogP contribution in [0.25, 0.3) is 0 Å². The third kappa shape index (κ3) is 57.9. The number of amides is 1. The predicted molar refractivity (Wildman–Crippen MR) is 34.4 cm³/mol. The molecule has 0 bridgehead atoms. The molecule has 0 aliphatic rings. The van der Waals surface area contributed by atoms with E-state index in [-0.39, 0.29) is 63.0 Å². The summed E-state index contributed by atoms with van der Waals surface area (Å²) in [6.45, 7) is 0. The monoisotopic (exact) mass is 211 g/mol. The summed E-state index contributed by atoms with van der Waals surface area (Å²) in [6, 6.07) is 0. The number of nitrogens with two attached hydrogens (primary N) is 1. The molecule has 5 nitrogen and oxygen atoms in total. The second kappa shape index (κ2) is 13.0. The van der Waals surface area contributed by atoms with Crippen LogP contribution in [0.15, 0.2) is 0 Å². The SMILES string of the molecule is NC(=O)CS.O=[S-](=O)O.[K+]. The topological polar surface area (TPSA) is 97.5 Å². The summed E-state index contributed by atoms with van der Waals surface area (Å²) >= 11 is 3.54. The molecule has 8 heteroatoms. The van der Waals surface area contributed by atoms with E-state index in [9.17, 15) is 4.79 Å². The third-order valence-electron chi connectivity index (χ3n) is 0.156. The average Bonchev–Trinajstić information content (AvgIpc) is 1.65. The summed E-state index contributed by atoms with van der Waals surface area (Å²) in [6.07, 6.45) is 0. The van der Waals surface area contributed by atoms with Crippen molar-refractivity contribution in [2.45, 2.75) is 0 Å². The number of primary amides is 1. The molecule has 0 fully saturated rings. The van der Waals surface area contributed by atoms with Gasteiger partial charge in [-0.1, -0.05) is 0 Å². The molecular formula is C2H6KNO4S2. The number of carbonyl (C=O) groups excluding carboxylic acids is 1. The van der Waals surface area contributed by atoms with Gasteiger partial charge in [0.05, 0.1) is 5.75 Å². The molecule has 0 aromatic heterocycles. The van der Waals surface area contributed by atoms with Gasteiger partial charge in [-0.3, -0.25) is 4.79 Å². The van der Waals surface area contributed by atoms with Gasteiger partial charge < -0.3 is 18.7 Å². The minimum absolute atomic E-state index is 0. The fourth-order valence-electron chi connectivity index (χ4n) is 0. The molecule has 0 aliphatic carbocycles. The van der Waals surface area contributed by atoms with Crippen molar-refractivity contribution in [3.05, 3.63) is 0 Å². The van der Waals surface area contributed by atoms with Gasteiger partial charge in [0.15, 0.2) is 0 Å². The fraction of sp³-hybridized carbons (Fsp3) is 0.500. The van der Waals surface area contributed by atoms with Crippen LogP contribution in [0, 0.1) is 0 Å². The molecule has 0 aliphatic heterocycles. The largest absolute Gasteiger partial charge is 1.00 e. The molecule has 0 radical (unpaired) electrons. The Morgan fingerprint density at radius 1 is 1.60 bits per heavy atom. The molecule has 0 saturated carbocycles. The first-order valence-electron chi connectivity index (χ1n) is 1.68. The molecule has 3 N–H and O–H groups in total. The molecule has 0 aromatic carbocycles. The molecule has 0 saturated heterocycles. The van der Waals surface area contributed by atoms with Crippen molar-refractivity contribution in [2.75, 3.05) is 5.75 Å². The summed E-state index contributed by atoms with van der Waals surface area (Å²) in [7, 11) is -2.86. The first-order chi connectivity index (χ1) is 4.00. The number of hydrogen-bond acceptors (Lipinski definition) is 5. The zero-order valence-electron chi connectivity index (χ0n) is 5.31. The van der Waals surface area contributed by atoms with Gasteiger partial charge in [0.2, 0.25) is 5.91 Å². The zero-order chi connectivity index (χ0) is 7.86. The maximum atomic E-state index is 9.51. The van der Waals surface area contributed by atoms with Gasteiger partial charge in [-0.25, -0.2) is 0 Å². The minimum atomic E-state index is -2.86. The van der Waals surface area contributed by atoms with Gasteiger partial charge in [0.25, 0.3) is 0 Å². The van der Waals surface area contributed by atoms with Crippen LogP contribution in [0.5, 0.6) is 0 Å². The van der Waals surface area contributed by atoms with Crippen LogP contribution in [-0.4, -0.2) is 16.2 Å². The van der Waals surface area contributed by atoms with Crippen molar-refractivity contribution >= 4 is 29.5 Å². The van der Waals surface area contributed by atoms with Crippen LogP contribution in [0.2, 0.25) is 0 Å². The standard InChI is InChI=1S/C2H5NOS.K.HO3S/c3-2(4)1-5;;1-4(2)3/h5H,1H2,(H2,3,4);;(H,1,2,3)/q;+1;-1. The van der Waals surface area contributed by atoms with E-state index in [0.29, 0.717) is 0 Å². The Labute approximate surface area is 108 Å². The fourth-order valence-corrected chi connectivity index (χ4v) is 0. The molecule has 0 atom stereocenters. The van der Waals surface area contributed by atoms with Crippen LogP contribution in [0.3, 0.4) is 0 Å². The Balaban J connectivity index is -0.0000000910. The van der Waals surface area contributed by atoms with Gasteiger partial charge in [-0.15, -0.1) is 0 Å². The van der Waals surface area contributed by atoms with Crippen molar-refractivity contribution in [3.8, 4) is 0 Å². The minimum Gasteiger partial charge on any atom is -0.439 e. The first kappa shape index (κ1) is 17.5. The van der Waals surface area contributed by atoms with Gasteiger partial charge in [-0.2, -0.15) is 12.6 Å². The molecule has 0 spiro atoms. The van der Waals surface area contributed by atoms with Crippen LogP contribution in [-0.2, 0) is 24.2 Å². The number of thiol groups is 1. The van der Waals surface area contributed by atoms with E-state index in [2.05, 4.69) is 18.4 Å². The van der Waals surface area contributed by atoms with E-state index in [4.69, 9.17) is 13.0 Å². The second-order valence-electron chi connectivity index (χ2n) is 0.842. The zero-order valence-corrected chi connectivity index (χ0v) is 10.1. The van der Waals surface area contributed by atoms with Crippen molar-refractivity contribution in [3.63, 3.8) is 0 Å². The third-order valence-corrected chi connectivity index (χ3v) is 0.468. The molecule has 10 heavy (non-hydrogen) atoms. The smallest absolute Gasteiger partial charge is 0.439 e. The van der Waals surface area contributed by atoms with Crippen LogP contribution in [0.1, 0.15) is 0 Å².